The molecular formula is C22H29NO3. The van der Waals surface area contributed by atoms with Gasteiger partial charge in [-0.05, 0) is 38.2 Å². The summed E-state index contributed by atoms with van der Waals surface area (Å²) in [5, 5.41) is 0. The SMILES string of the molecule is CC(C)C(=O)c1ccc(C(C)C(=O)N2CCCC2C2CCCC2=O)cc1. The van der Waals surface area contributed by atoms with Gasteiger partial charge in [0.25, 0.3) is 0 Å². The second-order valence-electron chi connectivity index (χ2n) is 8.07. The van der Waals surface area contributed by atoms with Gasteiger partial charge in [0.2, 0.25) is 5.91 Å². The molecule has 3 unspecified atom stereocenters. The monoisotopic (exact) mass is 355 g/mol. The standard InChI is InChI=1S/C22H29NO3/c1-14(2)21(25)17-11-9-16(10-12-17)15(3)22(26)23-13-5-7-19(23)18-6-4-8-20(18)24/h9-12,14-15,18-19H,4-8,13H2,1-3H3. The van der Waals surface area contributed by atoms with Gasteiger partial charge in [0.05, 0.1) is 5.92 Å². The number of hydrogen-bond donors (Lipinski definition) is 0. The first-order chi connectivity index (χ1) is 12.4. The second kappa shape index (κ2) is 7.73. The molecule has 1 aliphatic carbocycles. The summed E-state index contributed by atoms with van der Waals surface area (Å²) in [4.78, 5) is 39.3. The van der Waals surface area contributed by atoms with Gasteiger partial charge in [0.15, 0.2) is 5.78 Å². The van der Waals surface area contributed by atoms with Crippen LogP contribution in [0.15, 0.2) is 24.3 Å². The third-order valence-electron chi connectivity index (χ3n) is 5.99. The number of carbonyl (C=O) groups excluding carboxylic acids is 3. The van der Waals surface area contributed by atoms with Crippen molar-refractivity contribution < 1.29 is 14.4 Å². The fourth-order valence-electron chi connectivity index (χ4n) is 4.39. The molecule has 1 aromatic carbocycles. The maximum atomic E-state index is 13.1. The molecule has 0 spiro atoms. The molecule has 26 heavy (non-hydrogen) atoms. The van der Waals surface area contributed by atoms with Crippen molar-refractivity contribution >= 4 is 17.5 Å². The lowest BCUT2D eigenvalue weighted by molar-refractivity contribution is -0.135. The highest BCUT2D eigenvalue weighted by Crippen LogP contribution is 2.35. The summed E-state index contributed by atoms with van der Waals surface area (Å²) in [7, 11) is 0. The van der Waals surface area contributed by atoms with Gasteiger partial charge in [-0.2, -0.15) is 0 Å². The van der Waals surface area contributed by atoms with Gasteiger partial charge in [-0.3, -0.25) is 14.4 Å². The molecule has 0 N–H and O–H groups in total. The highest BCUT2D eigenvalue weighted by Gasteiger charge is 2.41. The summed E-state index contributed by atoms with van der Waals surface area (Å²) in [5.74, 6) is 0.313. The van der Waals surface area contributed by atoms with E-state index in [1.807, 2.05) is 49.9 Å². The molecule has 0 aromatic heterocycles. The quantitative estimate of drug-likeness (QED) is 0.751. The Labute approximate surface area is 156 Å². The molecule has 0 bridgehead atoms. The molecule has 2 aliphatic rings. The zero-order chi connectivity index (χ0) is 18.8. The topological polar surface area (TPSA) is 54.5 Å². The maximum absolute atomic E-state index is 13.1. The number of benzene rings is 1. The smallest absolute Gasteiger partial charge is 0.230 e. The van der Waals surface area contributed by atoms with E-state index in [-0.39, 0.29) is 35.5 Å². The van der Waals surface area contributed by atoms with E-state index in [9.17, 15) is 14.4 Å². The Kier molecular flexibility index (Phi) is 5.59. The van der Waals surface area contributed by atoms with Crippen molar-refractivity contribution in [3.63, 3.8) is 0 Å². The van der Waals surface area contributed by atoms with Gasteiger partial charge in [-0.1, -0.05) is 38.1 Å². The summed E-state index contributed by atoms with van der Waals surface area (Å²) >= 11 is 0. The van der Waals surface area contributed by atoms with E-state index in [0.717, 1.165) is 37.8 Å². The number of carbonyl (C=O) groups is 3. The summed E-state index contributed by atoms with van der Waals surface area (Å²) < 4.78 is 0. The summed E-state index contributed by atoms with van der Waals surface area (Å²) in [6.45, 7) is 6.45. The highest BCUT2D eigenvalue weighted by molar-refractivity contribution is 5.97. The van der Waals surface area contributed by atoms with Gasteiger partial charge in [0.1, 0.15) is 5.78 Å². The molecule has 1 aromatic rings. The number of nitrogens with zero attached hydrogens (tertiary/aromatic N) is 1. The molecule has 4 nitrogen and oxygen atoms in total. The van der Waals surface area contributed by atoms with Crippen LogP contribution in [-0.2, 0) is 9.59 Å². The Morgan fingerprint density at radius 1 is 1.04 bits per heavy atom. The second-order valence-corrected chi connectivity index (χ2v) is 8.07. The highest BCUT2D eigenvalue weighted by atomic mass is 16.2. The van der Waals surface area contributed by atoms with Crippen molar-refractivity contribution in [3.8, 4) is 0 Å². The molecule has 1 amide bonds. The van der Waals surface area contributed by atoms with E-state index in [4.69, 9.17) is 0 Å². The van der Waals surface area contributed by atoms with Crippen LogP contribution < -0.4 is 0 Å². The van der Waals surface area contributed by atoms with Crippen LogP contribution in [0.4, 0.5) is 0 Å². The molecule has 0 radical (unpaired) electrons. The Morgan fingerprint density at radius 2 is 1.73 bits per heavy atom. The number of hydrogen-bond acceptors (Lipinski definition) is 3. The number of Topliss-reactive ketones (excluding diaryl/α,β-unsaturated/α-hetero) is 2. The van der Waals surface area contributed by atoms with Crippen molar-refractivity contribution in [2.24, 2.45) is 11.8 Å². The molecule has 140 valence electrons. The number of likely N-dealkylation sites (tertiary alicyclic amines) is 1. The first-order valence-corrected chi connectivity index (χ1v) is 9.87. The third kappa shape index (κ3) is 3.60. The van der Waals surface area contributed by atoms with Crippen molar-refractivity contribution in [2.45, 2.75) is 64.8 Å². The molecule has 1 saturated carbocycles. The van der Waals surface area contributed by atoms with Crippen molar-refractivity contribution in [2.75, 3.05) is 6.54 Å². The average Bonchev–Trinajstić information content (AvgIpc) is 3.28. The zero-order valence-corrected chi connectivity index (χ0v) is 16.0. The number of amides is 1. The fraction of sp³-hybridized carbons (Fsp3) is 0.591. The van der Waals surface area contributed by atoms with E-state index in [1.165, 1.54) is 0 Å². The molecule has 1 saturated heterocycles. The average molecular weight is 355 g/mol. The minimum absolute atomic E-state index is 0.0331. The van der Waals surface area contributed by atoms with Gasteiger partial charge >= 0.3 is 0 Å². The maximum Gasteiger partial charge on any atom is 0.230 e. The van der Waals surface area contributed by atoms with Crippen LogP contribution in [0.25, 0.3) is 0 Å². The van der Waals surface area contributed by atoms with E-state index < -0.39 is 0 Å². The minimum Gasteiger partial charge on any atom is -0.338 e. The molecule has 3 rings (SSSR count). The number of ketones is 2. The number of rotatable bonds is 5. The van der Waals surface area contributed by atoms with Crippen molar-refractivity contribution in [1.29, 1.82) is 0 Å². The third-order valence-corrected chi connectivity index (χ3v) is 5.99. The largest absolute Gasteiger partial charge is 0.338 e. The molecular weight excluding hydrogens is 326 g/mol. The first kappa shape index (κ1) is 18.8. The minimum atomic E-state index is -0.254. The predicted octanol–water partition coefficient (Wildman–Crippen LogP) is 3.99. The van der Waals surface area contributed by atoms with Crippen LogP contribution in [0.2, 0.25) is 0 Å². The molecule has 3 atom stereocenters. The lowest BCUT2D eigenvalue weighted by Crippen LogP contribution is -2.43. The molecule has 1 heterocycles. The summed E-state index contributed by atoms with van der Waals surface area (Å²) in [6, 6.07) is 7.52. The van der Waals surface area contributed by atoms with E-state index >= 15 is 0 Å². The van der Waals surface area contributed by atoms with Crippen LogP contribution in [0.1, 0.15) is 74.7 Å². The lowest BCUT2D eigenvalue weighted by atomic mass is 9.92. The van der Waals surface area contributed by atoms with E-state index in [1.54, 1.807) is 0 Å². The zero-order valence-electron chi connectivity index (χ0n) is 16.0. The normalized spacial score (nSPS) is 24.3. The summed E-state index contributed by atoms with van der Waals surface area (Å²) in [6.07, 6.45) is 4.48. The van der Waals surface area contributed by atoms with Crippen LogP contribution in [0, 0.1) is 11.8 Å². The molecule has 4 heteroatoms. The fourth-order valence-corrected chi connectivity index (χ4v) is 4.39. The van der Waals surface area contributed by atoms with E-state index in [0.29, 0.717) is 17.8 Å². The van der Waals surface area contributed by atoms with Gasteiger partial charge in [-0.15, -0.1) is 0 Å². The van der Waals surface area contributed by atoms with Crippen LogP contribution in [-0.4, -0.2) is 35.0 Å². The lowest BCUT2D eigenvalue weighted by Gasteiger charge is -2.31. The molecule has 2 fully saturated rings. The Balaban J connectivity index is 1.72. The molecule has 1 aliphatic heterocycles. The van der Waals surface area contributed by atoms with Crippen LogP contribution in [0.5, 0.6) is 0 Å². The summed E-state index contributed by atoms with van der Waals surface area (Å²) in [5.41, 5.74) is 1.62. The Bertz CT molecular complexity index is 692. The Hall–Kier alpha value is -1.97. The van der Waals surface area contributed by atoms with Crippen LogP contribution in [0.3, 0.4) is 0 Å². The predicted molar refractivity (Wildman–Crippen MR) is 101 cm³/mol. The van der Waals surface area contributed by atoms with Crippen LogP contribution >= 0.6 is 0 Å². The van der Waals surface area contributed by atoms with Gasteiger partial charge < -0.3 is 4.90 Å². The van der Waals surface area contributed by atoms with Crippen molar-refractivity contribution in [3.05, 3.63) is 35.4 Å². The van der Waals surface area contributed by atoms with Gasteiger partial charge in [-0.25, -0.2) is 0 Å². The van der Waals surface area contributed by atoms with Gasteiger partial charge in [0, 0.05) is 36.4 Å². The Morgan fingerprint density at radius 3 is 2.31 bits per heavy atom. The van der Waals surface area contributed by atoms with Crippen molar-refractivity contribution in [1.82, 2.24) is 4.90 Å². The first-order valence-electron chi connectivity index (χ1n) is 9.87. The van der Waals surface area contributed by atoms with E-state index in [2.05, 4.69) is 0 Å².